The standard InChI is InChI=1S/C14H17F4NO/c1-19-12(13(20-2)6-3-7-13)9-4-5-11(15)10(8-9)14(16,17)18/h4-5,8,12,19H,3,6-7H2,1-2H3. The topological polar surface area (TPSA) is 21.3 Å². The Balaban J connectivity index is 2.41. The van der Waals surface area contributed by atoms with E-state index in [1.807, 2.05) is 0 Å². The van der Waals surface area contributed by atoms with Crippen LogP contribution in [0.4, 0.5) is 17.6 Å². The van der Waals surface area contributed by atoms with Gasteiger partial charge in [-0.05, 0) is 44.0 Å². The third-order valence-electron chi connectivity index (χ3n) is 4.05. The monoisotopic (exact) mass is 291 g/mol. The zero-order valence-corrected chi connectivity index (χ0v) is 11.4. The van der Waals surface area contributed by atoms with Gasteiger partial charge < -0.3 is 10.1 Å². The molecule has 2 rings (SSSR count). The molecule has 1 unspecified atom stereocenters. The molecule has 6 heteroatoms. The van der Waals surface area contributed by atoms with E-state index in [1.54, 1.807) is 14.2 Å². The molecule has 0 aromatic heterocycles. The Labute approximate surface area is 115 Å². The van der Waals surface area contributed by atoms with E-state index in [9.17, 15) is 17.6 Å². The van der Waals surface area contributed by atoms with Gasteiger partial charge in [0.1, 0.15) is 5.82 Å². The van der Waals surface area contributed by atoms with Gasteiger partial charge in [-0.2, -0.15) is 13.2 Å². The molecule has 0 saturated heterocycles. The molecule has 2 nitrogen and oxygen atoms in total. The van der Waals surface area contributed by atoms with Crippen LogP contribution in [0.25, 0.3) is 0 Å². The fourth-order valence-corrected chi connectivity index (χ4v) is 2.81. The van der Waals surface area contributed by atoms with Crippen molar-refractivity contribution in [1.82, 2.24) is 5.32 Å². The number of rotatable bonds is 4. The van der Waals surface area contributed by atoms with Crippen LogP contribution in [0.15, 0.2) is 18.2 Å². The number of benzene rings is 1. The van der Waals surface area contributed by atoms with Crippen molar-refractivity contribution in [2.24, 2.45) is 0 Å². The van der Waals surface area contributed by atoms with E-state index in [0.717, 1.165) is 31.4 Å². The molecule has 1 aromatic rings. The van der Waals surface area contributed by atoms with Crippen molar-refractivity contribution in [2.45, 2.75) is 37.1 Å². The molecule has 0 spiro atoms. The molecule has 0 bridgehead atoms. The van der Waals surface area contributed by atoms with Gasteiger partial charge in [-0.15, -0.1) is 0 Å². The van der Waals surface area contributed by atoms with Gasteiger partial charge in [0.05, 0.1) is 17.2 Å². The minimum absolute atomic E-state index is 0.386. The zero-order chi connectivity index (χ0) is 15.0. The minimum Gasteiger partial charge on any atom is -0.376 e. The number of methoxy groups -OCH3 is 1. The summed E-state index contributed by atoms with van der Waals surface area (Å²) < 4.78 is 57.2. The molecule has 1 N–H and O–H groups in total. The van der Waals surface area contributed by atoms with Crippen LogP contribution in [0.3, 0.4) is 0 Å². The van der Waals surface area contributed by atoms with Gasteiger partial charge in [0.2, 0.25) is 0 Å². The summed E-state index contributed by atoms with van der Waals surface area (Å²) in [6.07, 6.45) is -2.18. The molecule has 0 aliphatic heterocycles. The van der Waals surface area contributed by atoms with E-state index in [1.165, 1.54) is 6.07 Å². The van der Waals surface area contributed by atoms with Crippen LogP contribution >= 0.6 is 0 Å². The first-order valence-electron chi connectivity index (χ1n) is 6.43. The van der Waals surface area contributed by atoms with E-state index >= 15 is 0 Å². The maximum Gasteiger partial charge on any atom is 0.419 e. The van der Waals surface area contributed by atoms with Gasteiger partial charge in [-0.1, -0.05) is 6.07 Å². The van der Waals surface area contributed by atoms with Crippen LogP contribution in [0.2, 0.25) is 0 Å². The predicted octanol–water partition coefficient (Wildman–Crippen LogP) is 3.67. The van der Waals surface area contributed by atoms with Gasteiger partial charge >= 0.3 is 6.18 Å². The second-order valence-electron chi connectivity index (χ2n) is 5.08. The quantitative estimate of drug-likeness (QED) is 0.855. The number of hydrogen-bond donors (Lipinski definition) is 1. The molecular weight excluding hydrogens is 274 g/mol. The molecule has 1 aliphatic rings. The molecule has 1 fully saturated rings. The summed E-state index contributed by atoms with van der Waals surface area (Å²) in [4.78, 5) is 0. The van der Waals surface area contributed by atoms with Gasteiger partial charge in [0, 0.05) is 7.11 Å². The highest BCUT2D eigenvalue weighted by atomic mass is 19.4. The Morgan fingerprint density at radius 2 is 1.95 bits per heavy atom. The minimum atomic E-state index is -4.70. The van der Waals surface area contributed by atoms with E-state index in [0.29, 0.717) is 5.56 Å². The van der Waals surface area contributed by atoms with Gasteiger partial charge in [0.25, 0.3) is 0 Å². The Morgan fingerprint density at radius 3 is 2.35 bits per heavy atom. The number of nitrogens with one attached hydrogen (secondary N) is 1. The van der Waals surface area contributed by atoms with E-state index in [2.05, 4.69) is 5.32 Å². The van der Waals surface area contributed by atoms with Crippen LogP contribution in [0.5, 0.6) is 0 Å². The Kier molecular flexibility index (Phi) is 4.07. The van der Waals surface area contributed by atoms with Crippen molar-refractivity contribution in [2.75, 3.05) is 14.2 Å². The van der Waals surface area contributed by atoms with Crippen molar-refractivity contribution in [3.05, 3.63) is 35.1 Å². The summed E-state index contributed by atoms with van der Waals surface area (Å²) >= 11 is 0. The molecule has 1 saturated carbocycles. The van der Waals surface area contributed by atoms with Crippen molar-refractivity contribution < 1.29 is 22.3 Å². The number of hydrogen-bond acceptors (Lipinski definition) is 2. The van der Waals surface area contributed by atoms with E-state index in [4.69, 9.17) is 4.74 Å². The average molecular weight is 291 g/mol. The summed E-state index contributed by atoms with van der Waals surface area (Å²) in [5.74, 6) is -1.25. The van der Waals surface area contributed by atoms with Crippen molar-refractivity contribution in [1.29, 1.82) is 0 Å². The number of likely N-dealkylation sites (N-methyl/N-ethyl adjacent to an activating group) is 1. The average Bonchev–Trinajstić information content (AvgIpc) is 2.33. The largest absolute Gasteiger partial charge is 0.419 e. The molecule has 20 heavy (non-hydrogen) atoms. The Bertz CT molecular complexity index is 477. The SMILES string of the molecule is CNC(c1ccc(F)c(C(F)(F)F)c1)C1(OC)CCC1. The first-order valence-corrected chi connectivity index (χ1v) is 6.43. The van der Waals surface area contributed by atoms with Crippen LogP contribution in [0, 0.1) is 5.82 Å². The summed E-state index contributed by atoms with van der Waals surface area (Å²) in [6.45, 7) is 0. The van der Waals surface area contributed by atoms with Crippen molar-refractivity contribution in [3.8, 4) is 0 Å². The maximum atomic E-state index is 13.3. The van der Waals surface area contributed by atoms with Gasteiger partial charge in [-0.25, -0.2) is 4.39 Å². The summed E-state index contributed by atoms with van der Waals surface area (Å²) in [7, 11) is 3.22. The molecule has 1 aromatic carbocycles. The molecule has 1 aliphatic carbocycles. The van der Waals surface area contributed by atoms with Crippen molar-refractivity contribution >= 4 is 0 Å². The fourth-order valence-electron chi connectivity index (χ4n) is 2.81. The second-order valence-corrected chi connectivity index (χ2v) is 5.08. The van der Waals surface area contributed by atoms with Crippen molar-refractivity contribution in [3.63, 3.8) is 0 Å². The third-order valence-corrected chi connectivity index (χ3v) is 4.05. The Morgan fingerprint density at radius 1 is 1.30 bits per heavy atom. The summed E-state index contributed by atoms with van der Waals surface area (Å²) in [5, 5.41) is 3.00. The summed E-state index contributed by atoms with van der Waals surface area (Å²) in [5.41, 5.74) is -1.35. The lowest BCUT2D eigenvalue weighted by molar-refractivity contribution is -0.140. The predicted molar refractivity (Wildman–Crippen MR) is 66.8 cm³/mol. The van der Waals surface area contributed by atoms with E-state index in [-0.39, 0.29) is 6.04 Å². The Hall–Kier alpha value is -1.14. The first kappa shape index (κ1) is 15.3. The van der Waals surface area contributed by atoms with Gasteiger partial charge in [0.15, 0.2) is 0 Å². The van der Waals surface area contributed by atoms with Gasteiger partial charge in [-0.3, -0.25) is 0 Å². The van der Waals surface area contributed by atoms with Crippen LogP contribution in [0.1, 0.15) is 36.4 Å². The molecule has 0 radical (unpaired) electrons. The highest BCUT2D eigenvalue weighted by Crippen LogP contribution is 2.45. The lowest BCUT2D eigenvalue weighted by Crippen LogP contribution is -2.49. The lowest BCUT2D eigenvalue weighted by atomic mass is 9.72. The number of halogens is 4. The van der Waals surface area contributed by atoms with Crippen LogP contribution < -0.4 is 5.32 Å². The first-order chi connectivity index (χ1) is 9.34. The number of ether oxygens (including phenoxy) is 1. The van der Waals surface area contributed by atoms with Crippen LogP contribution in [-0.4, -0.2) is 19.8 Å². The normalized spacial score (nSPS) is 19.5. The lowest BCUT2D eigenvalue weighted by Gasteiger charge is -2.46. The molecule has 1 atom stereocenters. The second kappa shape index (κ2) is 5.33. The van der Waals surface area contributed by atoms with Crippen LogP contribution in [-0.2, 0) is 10.9 Å². The fraction of sp³-hybridized carbons (Fsp3) is 0.571. The molecule has 0 heterocycles. The summed E-state index contributed by atoms with van der Waals surface area (Å²) in [6, 6.07) is 2.73. The highest BCUT2D eigenvalue weighted by Gasteiger charge is 2.45. The van der Waals surface area contributed by atoms with E-state index < -0.39 is 23.2 Å². The molecule has 112 valence electrons. The highest BCUT2D eigenvalue weighted by molar-refractivity contribution is 5.31. The zero-order valence-electron chi connectivity index (χ0n) is 11.4. The maximum absolute atomic E-state index is 13.3. The number of alkyl halides is 3. The third kappa shape index (κ3) is 2.54. The molecular formula is C14H17F4NO. The molecule has 0 amide bonds. The smallest absolute Gasteiger partial charge is 0.376 e.